The number of carbonyl (C=O) groups is 1. The maximum Gasteiger partial charge on any atom is 0.223 e. The van der Waals surface area contributed by atoms with Crippen molar-refractivity contribution in [2.45, 2.75) is 46.0 Å². The van der Waals surface area contributed by atoms with Crippen LogP contribution in [-0.4, -0.2) is 12.5 Å². The van der Waals surface area contributed by atoms with Crippen LogP contribution < -0.4 is 5.32 Å². The summed E-state index contributed by atoms with van der Waals surface area (Å²) in [5.41, 5.74) is 0.475. The molecule has 2 aliphatic rings. The van der Waals surface area contributed by atoms with Crippen molar-refractivity contribution in [2.24, 2.45) is 17.3 Å². The SMILES string of the molecule is CC(C)CCC12CCC(C1)C(=O)NC2. The molecule has 2 rings (SSSR count). The van der Waals surface area contributed by atoms with Crippen LogP contribution in [0.2, 0.25) is 0 Å². The maximum absolute atomic E-state index is 11.4. The predicted octanol–water partition coefficient (Wildman–Crippen LogP) is 2.34. The number of amides is 1. The molecule has 1 amide bonds. The van der Waals surface area contributed by atoms with Gasteiger partial charge < -0.3 is 5.32 Å². The van der Waals surface area contributed by atoms with Crippen LogP contribution in [-0.2, 0) is 4.79 Å². The molecule has 0 aromatic heterocycles. The molecular weight excluding hydrogens is 174 g/mol. The van der Waals surface area contributed by atoms with Crippen LogP contribution >= 0.6 is 0 Å². The van der Waals surface area contributed by atoms with E-state index in [2.05, 4.69) is 19.2 Å². The molecule has 1 N–H and O–H groups in total. The fraction of sp³-hybridized carbons (Fsp3) is 0.917. The van der Waals surface area contributed by atoms with Crippen molar-refractivity contribution >= 4 is 5.91 Å². The van der Waals surface area contributed by atoms with Crippen LogP contribution in [0.4, 0.5) is 0 Å². The predicted molar refractivity (Wildman–Crippen MR) is 56.9 cm³/mol. The van der Waals surface area contributed by atoms with Gasteiger partial charge in [-0.05, 0) is 37.0 Å². The van der Waals surface area contributed by atoms with Gasteiger partial charge >= 0.3 is 0 Å². The third-order valence-corrected chi connectivity index (χ3v) is 3.96. The molecule has 1 heterocycles. The molecule has 0 spiro atoms. The van der Waals surface area contributed by atoms with Crippen molar-refractivity contribution in [1.29, 1.82) is 0 Å². The minimum Gasteiger partial charge on any atom is -0.355 e. The molecule has 1 saturated carbocycles. The van der Waals surface area contributed by atoms with Crippen LogP contribution in [0.15, 0.2) is 0 Å². The highest BCUT2D eigenvalue weighted by atomic mass is 16.2. The summed E-state index contributed by atoms with van der Waals surface area (Å²) in [4.78, 5) is 11.4. The lowest BCUT2D eigenvalue weighted by molar-refractivity contribution is -0.127. The van der Waals surface area contributed by atoms with Crippen molar-refractivity contribution in [3.05, 3.63) is 0 Å². The van der Waals surface area contributed by atoms with Crippen molar-refractivity contribution < 1.29 is 4.79 Å². The van der Waals surface area contributed by atoms with Gasteiger partial charge in [-0.15, -0.1) is 0 Å². The molecule has 2 atom stereocenters. The summed E-state index contributed by atoms with van der Waals surface area (Å²) in [6.45, 7) is 5.50. The Balaban J connectivity index is 1.94. The lowest BCUT2D eigenvalue weighted by Gasteiger charge is -2.33. The zero-order valence-corrected chi connectivity index (χ0v) is 9.31. The molecule has 2 unspecified atom stereocenters. The minimum absolute atomic E-state index is 0.308. The zero-order chi connectivity index (χ0) is 10.2. The van der Waals surface area contributed by atoms with E-state index in [0.717, 1.165) is 25.3 Å². The number of piperidine rings is 1. The second-order valence-electron chi connectivity index (χ2n) is 5.59. The topological polar surface area (TPSA) is 29.1 Å². The summed E-state index contributed by atoms with van der Waals surface area (Å²) >= 11 is 0. The quantitative estimate of drug-likeness (QED) is 0.736. The highest BCUT2D eigenvalue weighted by molar-refractivity contribution is 5.80. The van der Waals surface area contributed by atoms with Gasteiger partial charge in [0.1, 0.15) is 0 Å². The Morgan fingerprint density at radius 2 is 2.36 bits per heavy atom. The van der Waals surface area contributed by atoms with Crippen LogP contribution in [0, 0.1) is 17.3 Å². The molecule has 0 aromatic rings. The smallest absolute Gasteiger partial charge is 0.223 e. The van der Waals surface area contributed by atoms with Gasteiger partial charge in [0.05, 0.1) is 0 Å². The number of hydrogen-bond acceptors (Lipinski definition) is 1. The third-order valence-electron chi connectivity index (χ3n) is 3.96. The second-order valence-corrected chi connectivity index (χ2v) is 5.59. The fourth-order valence-corrected chi connectivity index (χ4v) is 2.92. The summed E-state index contributed by atoms with van der Waals surface area (Å²) in [5.74, 6) is 1.44. The molecule has 2 fully saturated rings. The lowest BCUT2D eigenvalue weighted by atomic mass is 9.77. The maximum atomic E-state index is 11.4. The van der Waals surface area contributed by atoms with Crippen molar-refractivity contribution in [1.82, 2.24) is 5.32 Å². The van der Waals surface area contributed by atoms with E-state index in [0.29, 0.717) is 17.2 Å². The molecule has 14 heavy (non-hydrogen) atoms. The second kappa shape index (κ2) is 3.56. The number of rotatable bonds is 3. The molecular formula is C12H21NO. The van der Waals surface area contributed by atoms with Crippen molar-refractivity contribution in [2.75, 3.05) is 6.54 Å². The summed E-state index contributed by atoms with van der Waals surface area (Å²) in [7, 11) is 0. The van der Waals surface area contributed by atoms with E-state index in [1.54, 1.807) is 0 Å². The van der Waals surface area contributed by atoms with Crippen LogP contribution in [0.5, 0.6) is 0 Å². The van der Waals surface area contributed by atoms with E-state index in [1.807, 2.05) is 0 Å². The highest BCUT2D eigenvalue weighted by Crippen LogP contribution is 2.47. The normalized spacial score (nSPS) is 36.2. The van der Waals surface area contributed by atoms with Gasteiger partial charge in [0.2, 0.25) is 5.91 Å². The van der Waals surface area contributed by atoms with Crippen molar-refractivity contribution in [3.63, 3.8) is 0 Å². The van der Waals surface area contributed by atoms with Gasteiger partial charge in [0, 0.05) is 12.5 Å². The van der Waals surface area contributed by atoms with Crippen LogP contribution in [0.1, 0.15) is 46.0 Å². The molecule has 0 aromatic carbocycles. The first-order chi connectivity index (χ1) is 6.61. The molecule has 2 heteroatoms. The van der Waals surface area contributed by atoms with E-state index in [9.17, 15) is 4.79 Å². The molecule has 2 nitrogen and oxygen atoms in total. The Hall–Kier alpha value is -0.530. The summed E-state index contributed by atoms with van der Waals surface area (Å²) < 4.78 is 0. The van der Waals surface area contributed by atoms with E-state index in [1.165, 1.54) is 19.3 Å². The van der Waals surface area contributed by atoms with Crippen molar-refractivity contribution in [3.8, 4) is 0 Å². The summed E-state index contributed by atoms with van der Waals surface area (Å²) in [6, 6.07) is 0. The molecule has 0 radical (unpaired) electrons. The van der Waals surface area contributed by atoms with Gasteiger partial charge in [-0.3, -0.25) is 4.79 Å². The minimum atomic E-state index is 0.308. The van der Waals surface area contributed by atoms with Crippen LogP contribution in [0.3, 0.4) is 0 Å². The number of hydrogen-bond donors (Lipinski definition) is 1. The van der Waals surface area contributed by atoms with Gasteiger partial charge in [0.25, 0.3) is 0 Å². The van der Waals surface area contributed by atoms with Gasteiger partial charge in [-0.2, -0.15) is 0 Å². The Kier molecular flexibility index (Phi) is 2.54. The number of carbonyl (C=O) groups excluding carboxylic acids is 1. The molecule has 1 saturated heterocycles. The van der Waals surface area contributed by atoms with E-state index >= 15 is 0 Å². The van der Waals surface area contributed by atoms with Gasteiger partial charge in [0.15, 0.2) is 0 Å². The van der Waals surface area contributed by atoms with Gasteiger partial charge in [-0.25, -0.2) is 0 Å². The Morgan fingerprint density at radius 3 is 3.07 bits per heavy atom. The average molecular weight is 195 g/mol. The first-order valence-corrected chi connectivity index (χ1v) is 5.89. The van der Waals surface area contributed by atoms with Crippen LogP contribution in [0.25, 0.3) is 0 Å². The first kappa shape index (κ1) is 10.0. The monoisotopic (exact) mass is 195 g/mol. The molecule has 1 aliphatic carbocycles. The largest absolute Gasteiger partial charge is 0.355 e. The lowest BCUT2D eigenvalue weighted by Crippen LogP contribution is -2.43. The van der Waals surface area contributed by atoms with Gasteiger partial charge in [-0.1, -0.05) is 20.3 Å². The zero-order valence-electron chi connectivity index (χ0n) is 9.31. The fourth-order valence-electron chi connectivity index (χ4n) is 2.92. The molecule has 1 aliphatic heterocycles. The highest BCUT2D eigenvalue weighted by Gasteiger charge is 2.45. The average Bonchev–Trinajstić information content (AvgIpc) is 2.51. The van der Waals surface area contributed by atoms with E-state index in [4.69, 9.17) is 0 Å². The number of fused-ring (bicyclic) bond motifs is 2. The van der Waals surface area contributed by atoms with E-state index < -0.39 is 0 Å². The Morgan fingerprint density at radius 1 is 1.57 bits per heavy atom. The molecule has 2 bridgehead atoms. The third kappa shape index (κ3) is 1.79. The molecule has 80 valence electrons. The standard InChI is InChI=1S/C12H21NO/c1-9(2)3-5-12-6-4-10(7-12)11(14)13-8-12/h9-10H,3-8H2,1-2H3,(H,13,14). The van der Waals surface area contributed by atoms with E-state index in [-0.39, 0.29) is 0 Å². The summed E-state index contributed by atoms with van der Waals surface area (Å²) in [5, 5.41) is 3.07. The number of nitrogens with one attached hydrogen (secondary N) is 1. The first-order valence-electron chi connectivity index (χ1n) is 5.89. The summed E-state index contributed by atoms with van der Waals surface area (Å²) in [6.07, 6.45) is 6.17. The Labute approximate surface area is 86.5 Å². The Bertz CT molecular complexity index is 236.